The Morgan fingerprint density at radius 2 is 2.00 bits per heavy atom. The van der Waals surface area contributed by atoms with Crippen LogP contribution in [0.15, 0.2) is 0 Å². The average molecular weight is 251 g/mol. The molecule has 1 N–H and O–H groups in total. The molecule has 3 unspecified atom stereocenters. The quantitative estimate of drug-likeness (QED) is 0.821. The molecule has 3 aliphatic rings. The Labute approximate surface area is 112 Å². The molecule has 104 valence electrons. The lowest BCUT2D eigenvalue weighted by Crippen LogP contribution is -2.61. The number of nitrogens with zero attached hydrogens (tertiary/aromatic N) is 2. The summed E-state index contributed by atoms with van der Waals surface area (Å²) in [5.74, 6) is 0.992. The topological polar surface area (TPSA) is 18.5 Å². The van der Waals surface area contributed by atoms with Crippen LogP contribution in [0.25, 0.3) is 0 Å². The van der Waals surface area contributed by atoms with Crippen molar-refractivity contribution in [1.29, 1.82) is 0 Å². The lowest BCUT2D eigenvalue weighted by Gasteiger charge is -2.46. The van der Waals surface area contributed by atoms with E-state index in [-0.39, 0.29) is 0 Å². The Hall–Kier alpha value is -0.120. The van der Waals surface area contributed by atoms with E-state index in [0.717, 1.165) is 24.0 Å². The van der Waals surface area contributed by atoms with Gasteiger partial charge in [0.25, 0.3) is 0 Å². The summed E-state index contributed by atoms with van der Waals surface area (Å²) in [4.78, 5) is 5.45. The predicted molar refractivity (Wildman–Crippen MR) is 75.8 cm³/mol. The zero-order valence-corrected chi connectivity index (χ0v) is 12.1. The van der Waals surface area contributed by atoms with Crippen molar-refractivity contribution >= 4 is 0 Å². The molecule has 3 atom stereocenters. The molecule has 1 saturated carbocycles. The Morgan fingerprint density at radius 1 is 1.17 bits per heavy atom. The first-order valence-electron chi connectivity index (χ1n) is 7.99. The molecule has 3 nitrogen and oxygen atoms in total. The van der Waals surface area contributed by atoms with E-state index in [9.17, 15) is 0 Å². The molecule has 0 aromatic rings. The number of hydrogen-bond donors (Lipinski definition) is 1. The van der Waals surface area contributed by atoms with Crippen LogP contribution in [0.5, 0.6) is 0 Å². The zero-order valence-electron chi connectivity index (χ0n) is 12.1. The van der Waals surface area contributed by atoms with Crippen LogP contribution in [0, 0.1) is 5.92 Å². The fraction of sp³-hybridized carbons (Fsp3) is 1.00. The van der Waals surface area contributed by atoms with E-state index in [1.54, 1.807) is 0 Å². The Morgan fingerprint density at radius 3 is 2.72 bits per heavy atom. The van der Waals surface area contributed by atoms with Gasteiger partial charge in [-0.05, 0) is 51.6 Å². The summed E-state index contributed by atoms with van der Waals surface area (Å²) < 4.78 is 0. The molecule has 0 amide bonds. The van der Waals surface area contributed by atoms with Crippen molar-refractivity contribution in [2.75, 3.05) is 32.7 Å². The molecule has 2 aliphatic heterocycles. The average Bonchev–Trinajstić information content (AvgIpc) is 3.24. The van der Waals surface area contributed by atoms with Crippen LogP contribution in [0.2, 0.25) is 0 Å². The Bertz CT molecular complexity index is 277. The van der Waals surface area contributed by atoms with Crippen molar-refractivity contribution in [2.45, 2.75) is 57.7 Å². The standard InChI is InChI=1S/C15H29N3/c1-3-17-8-4-5-14(10-17)18-11-15(13-6-7-13)16-9-12(18)2/h12-16H,3-11H2,1-2H3. The highest BCUT2D eigenvalue weighted by molar-refractivity contribution is 4.96. The molecule has 0 radical (unpaired) electrons. The molecule has 3 rings (SSSR count). The van der Waals surface area contributed by atoms with Gasteiger partial charge in [0.2, 0.25) is 0 Å². The molecule has 18 heavy (non-hydrogen) atoms. The molecular weight excluding hydrogens is 222 g/mol. The minimum Gasteiger partial charge on any atom is -0.311 e. The number of hydrogen-bond acceptors (Lipinski definition) is 3. The van der Waals surface area contributed by atoms with Gasteiger partial charge in [0.15, 0.2) is 0 Å². The summed E-state index contributed by atoms with van der Waals surface area (Å²) in [7, 11) is 0. The smallest absolute Gasteiger partial charge is 0.0227 e. The number of nitrogens with one attached hydrogen (secondary N) is 1. The van der Waals surface area contributed by atoms with E-state index in [4.69, 9.17) is 0 Å². The number of likely N-dealkylation sites (N-methyl/N-ethyl adjacent to an activating group) is 1. The third-order valence-electron chi connectivity index (χ3n) is 5.24. The van der Waals surface area contributed by atoms with Crippen molar-refractivity contribution in [1.82, 2.24) is 15.1 Å². The van der Waals surface area contributed by atoms with E-state index in [1.165, 1.54) is 58.4 Å². The maximum atomic E-state index is 3.77. The molecule has 0 spiro atoms. The second-order valence-corrected chi connectivity index (χ2v) is 6.59. The Kier molecular flexibility index (Phi) is 3.92. The predicted octanol–water partition coefficient (Wildman–Crippen LogP) is 1.54. The number of rotatable bonds is 3. The first-order valence-corrected chi connectivity index (χ1v) is 7.99. The summed E-state index contributed by atoms with van der Waals surface area (Å²) >= 11 is 0. The molecule has 0 bridgehead atoms. The first-order chi connectivity index (χ1) is 8.78. The van der Waals surface area contributed by atoms with Gasteiger partial charge in [-0.15, -0.1) is 0 Å². The van der Waals surface area contributed by atoms with Crippen molar-refractivity contribution < 1.29 is 0 Å². The van der Waals surface area contributed by atoms with Gasteiger partial charge in [-0.2, -0.15) is 0 Å². The third-order valence-corrected chi connectivity index (χ3v) is 5.24. The van der Waals surface area contributed by atoms with Crippen LogP contribution < -0.4 is 5.32 Å². The maximum absolute atomic E-state index is 3.77. The van der Waals surface area contributed by atoms with Gasteiger partial charge in [0.05, 0.1) is 0 Å². The minimum atomic E-state index is 0.724. The SMILES string of the molecule is CCN1CCCC(N2CC(C3CC3)NCC2C)C1. The molecular formula is C15H29N3. The van der Waals surface area contributed by atoms with Crippen LogP contribution in [0.3, 0.4) is 0 Å². The lowest BCUT2D eigenvalue weighted by molar-refractivity contribution is 0.0397. The van der Waals surface area contributed by atoms with Crippen LogP contribution in [0.1, 0.15) is 39.5 Å². The zero-order chi connectivity index (χ0) is 12.5. The number of piperazine rings is 1. The van der Waals surface area contributed by atoms with Crippen LogP contribution in [0.4, 0.5) is 0 Å². The summed E-state index contributed by atoms with van der Waals surface area (Å²) in [6.07, 6.45) is 5.73. The summed E-state index contributed by atoms with van der Waals surface area (Å²) in [6, 6.07) is 2.33. The van der Waals surface area contributed by atoms with E-state index in [0.29, 0.717) is 0 Å². The number of piperidine rings is 1. The van der Waals surface area contributed by atoms with Gasteiger partial charge in [-0.25, -0.2) is 0 Å². The van der Waals surface area contributed by atoms with E-state index in [1.807, 2.05) is 0 Å². The van der Waals surface area contributed by atoms with Crippen molar-refractivity contribution in [3.05, 3.63) is 0 Å². The number of likely N-dealkylation sites (tertiary alicyclic amines) is 1. The van der Waals surface area contributed by atoms with Gasteiger partial charge in [-0.1, -0.05) is 6.92 Å². The highest BCUT2D eigenvalue weighted by atomic mass is 15.3. The first kappa shape index (κ1) is 12.9. The largest absolute Gasteiger partial charge is 0.311 e. The van der Waals surface area contributed by atoms with Crippen LogP contribution >= 0.6 is 0 Å². The summed E-state index contributed by atoms with van der Waals surface area (Å²) in [6.45, 7) is 11.1. The van der Waals surface area contributed by atoms with Crippen molar-refractivity contribution in [3.63, 3.8) is 0 Å². The van der Waals surface area contributed by atoms with Gasteiger partial charge < -0.3 is 10.2 Å². The van der Waals surface area contributed by atoms with E-state index >= 15 is 0 Å². The van der Waals surface area contributed by atoms with Gasteiger partial charge >= 0.3 is 0 Å². The maximum Gasteiger partial charge on any atom is 0.0227 e. The monoisotopic (exact) mass is 251 g/mol. The lowest BCUT2D eigenvalue weighted by atomic mass is 9.98. The van der Waals surface area contributed by atoms with E-state index in [2.05, 4.69) is 29.0 Å². The van der Waals surface area contributed by atoms with E-state index < -0.39 is 0 Å². The van der Waals surface area contributed by atoms with Crippen LogP contribution in [-0.4, -0.2) is 60.6 Å². The summed E-state index contributed by atoms with van der Waals surface area (Å²) in [5, 5.41) is 3.77. The molecule has 2 heterocycles. The highest BCUT2D eigenvalue weighted by Crippen LogP contribution is 2.35. The third kappa shape index (κ3) is 2.73. The van der Waals surface area contributed by atoms with Crippen LogP contribution in [-0.2, 0) is 0 Å². The molecule has 0 aromatic carbocycles. The molecule has 0 aromatic heterocycles. The molecule has 1 aliphatic carbocycles. The fourth-order valence-electron chi connectivity index (χ4n) is 3.82. The highest BCUT2D eigenvalue weighted by Gasteiger charge is 2.38. The normalized spacial score (nSPS) is 40.0. The van der Waals surface area contributed by atoms with Gasteiger partial charge in [0.1, 0.15) is 0 Å². The van der Waals surface area contributed by atoms with Crippen molar-refractivity contribution in [2.24, 2.45) is 5.92 Å². The van der Waals surface area contributed by atoms with Gasteiger partial charge in [-0.3, -0.25) is 4.90 Å². The Balaban J connectivity index is 1.61. The fourth-order valence-corrected chi connectivity index (χ4v) is 3.82. The molecule has 3 heteroatoms. The van der Waals surface area contributed by atoms with Gasteiger partial charge in [0, 0.05) is 37.8 Å². The minimum absolute atomic E-state index is 0.724. The molecule has 3 fully saturated rings. The summed E-state index contributed by atoms with van der Waals surface area (Å²) in [5.41, 5.74) is 0. The molecule has 2 saturated heterocycles. The second kappa shape index (κ2) is 5.48. The van der Waals surface area contributed by atoms with Crippen molar-refractivity contribution in [3.8, 4) is 0 Å². The second-order valence-electron chi connectivity index (χ2n) is 6.59.